The topological polar surface area (TPSA) is 35.2 Å². The van der Waals surface area contributed by atoms with Gasteiger partial charge in [0, 0.05) is 18.8 Å². The molecule has 1 atom stereocenters. The van der Waals surface area contributed by atoms with Crippen molar-refractivity contribution < 1.29 is 4.74 Å². The summed E-state index contributed by atoms with van der Waals surface area (Å²) in [5, 5.41) is 0. The van der Waals surface area contributed by atoms with Crippen LogP contribution in [0.5, 0.6) is 0 Å². The minimum absolute atomic E-state index is 0.163. The van der Waals surface area contributed by atoms with Crippen LogP contribution in [-0.2, 0) is 16.7 Å². The normalized spacial score (nSPS) is 24.1. The molecule has 0 spiro atoms. The average molecular weight is 219 g/mol. The zero-order valence-electron chi connectivity index (χ0n) is 10.0. The van der Waals surface area contributed by atoms with Crippen molar-refractivity contribution in [3.8, 4) is 0 Å². The molecule has 1 aliphatic carbocycles. The van der Waals surface area contributed by atoms with Crippen molar-refractivity contribution in [2.24, 2.45) is 5.73 Å². The molecule has 0 aliphatic heterocycles. The standard InChI is InChI=1S/C14H21NO/c1-2-16-11-10-14(15)9-5-7-12-6-3-4-8-13(12)14/h3-4,6,8H,2,5,7,9-11,15H2,1H3. The third kappa shape index (κ3) is 2.28. The summed E-state index contributed by atoms with van der Waals surface area (Å²) in [5.41, 5.74) is 9.13. The molecule has 88 valence electrons. The smallest absolute Gasteiger partial charge is 0.0486 e. The van der Waals surface area contributed by atoms with E-state index in [1.165, 1.54) is 24.0 Å². The first kappa shape index (κ1) is 11.6. The summed E-state index contributed by atoms with van der Waals surface area (Å²) in [6.07, 6.45) is 4.37. The number of hydrogen-bond donors (Lipinski definition) is 1. The highest BCUT2D eigenvalue weighted by Gasteiger charge is 2.31. The minimum Gasteiger partial charge on any atom is -0.382 e. The van der Waals surface area contributed by atoms with E-state index in [9.17, 15) is 0 Å². The molecule has 1 aliphatic rings. The summed E-state index contributed by atoms with van der Waals surface area (Å²) >= 11 is 0. The van der Waals surface area contributed by atoms with Gasteiger partial charge in [-0.25, -0.2) is 0 Å². The average Bonchev–Trinajstić information content (AvgIpc) is 2.30. The first-order valence-electron chi connectivity index (χ1n) is 6.21. The lowest BCUT2D eigenvalue weighted by molar-refractivity contribution is 0.121. The summed E-state index contributed by atoms with van der Waals surface area (Å²) in [7, 11) is 0. The van der Waals surface area contributed by atoms with Crippen LogP contribution in [0.25, 0.3) is 0 Å². The number of rotatable bonds is 4. The van der Waals surface area contributed by atoms with Crippen LogP contribution < -0.4 is 5.73 Å². The summed E-state index contributed by atoms with van der Waals surface area (Å²) in [6.45, 7) is 3.57. The van der Waals surface area contributed by atoms with Gasteiger partial charge in [0.2, 0.25) is 0 Å². The molecule has 1 aromatic rings. The van der Waals surface area contributed by atoms with Gasteiger partial charge in [-0.05, 0) is 43.7 Å². The van der Waals surface area contributed by atoms with Crippen LogP contribution in [-0.4, -0.2) is 13.2 Å². The Hall–Kier alpha value is -0.860. The Labute approximate surface area is 97.8 Å². The van der Waals surface area contributed by atoms with Gasteiger partial charge in [0.15, 0.2) is 0 Å². The molecule has 16 heavy (non-hydrogen) atoms. The van der Waals surface area contributed by atoms with Gasteiger partial charge in [-0.1, -0.05) is 24.3 Å². The number of hydrogen-bond acceptors (Lipinski definition) is 2. The fourth-order valence-electron chi connectivity index (χ4n) is 2.61. The Morgan fingerprint density at radius 2 is 2.19 bits per heavy atom. The van der Waals surface area contributed by atoms with Gasteiger partial charge in [-0.15, -0.1) is 0 Å². The van der Waals surface area contributed by atoms with Gasteiger partial charge in [0.1, 0.15) is 0 Å². The van der Waals surface area contributed by atoms with Crippen LogP contribution in [0.4, 0.5) is 0 Å². The lowest BCUT2D eigenvalue weighted by atomic mass is 9.75. The number of ether oxygens (including phenoxy) is 1. The number of aryl methyl sites for hydroxylation is 1. The molecular weight excluding hydrogens is 198 g/mol. The Morgan fingerprint density at radius 1 is 1.38 bits per heavy atom. The van der Waals surface area contributed by atoms with Crippen molar-refractivity contribution in [3.63, 3.8) is 0 Å². The van der Waals surface area contributed by atoms with Gasteiger partial charge in [0.05, 0.1) is 0 Å². The molecule has 0 saturated heterocycles. The Morgan fingerprint density at radius 3 is 3.00 bits per heavy atom. The fourth-order valence-corrected chi connectivity index (χ4v) is 2.61. The summed E-state index contributed by atoms with van der Waals surface area (Å²) < 4.78 is 5.44. The SMILES string of the molecule is CCOCCC1(N)CCCc2ccccc21. The maximum Gasteiger partial charge on any atom is 0.0486 e. The van der Waals surface area contributed by atoms with Crippen LogP contribution in [0.3, 0.4) is 0 Å². The van der Waals surface area contributed by atoms with E-state index in [0.29, 0.717) is 0 Å². The van der Waals surface area contributed by atoms with E-state index in [1.807, 2.05) is 6.92 Å². The van der Waals surface area contributed by atoms with Gasteiger partial charge >= 0.3 is 0 Å². The van der Waals surface area contributed by atoms with Crippen LogP contribution in [0.15, 0.2) is 24.3 Å². The van der Waals surface area contributed by atoms with Crippen molar-refractivity contribution in [2.45, 2.75) is 38.1 Å². The lowest BCUT2D eigenvalue weighted by Gasteiger charge is -2.35. The largest absolute Gasteiger partial charge is 0.382 e. The molecule has 0 heterocycles. The monoisotopic (exact) mass is 219 g/mol. The third-order valence-corrected chi connectivity index (χ3v) is 3.52. The zero-order valence-corrected chi connectivity index (χ0v) is 10.0. The number of fused-ring (bicyclic) bond motifs is 1. The van der Waals surface area contributed by atoms with Gasteiger partial charge in [0.25, 0.3) is 0 Å². The van der Waals surface area contributed by atoms with Crippen LogP contribution >= 0.6 is 0 Å². The molecular formula is C14H21NO. The Balaban J connectivity index is 2.16. The van der Waals surface area contributed by atoms with Crippen molar-refractivity contribution >= 4 is 0 Å². The van der Waals surface area contributed by atoms with Crippen molar-refractivity contribution in [3.05, 3.63) is 35.4 Å². The molecule has 2 heteroatoms. The zero-order chi connectivity index (χ0) is 11.4. The van der Waals surface area contributed by atoms with Crippen LogP contribution in [0.1, 0.15) is 37.3 Å². The highest BCUT2D eigenvalue weighted by atomic mass is 16.5. The second-order valence-corrected chi connectivity index (χ2v) is 4.61. The van der Waals surface area contributed by atoms with Gasteiger partial charge in [-0.2, -0.15) is 0 Å². The van der Waals surface area contributed by atoms with Crippen LogP contribution in [0, 0.1) is 0 Å². The molecule has 2 nitrogen and oxygen atoms in total. The molecule has 0 bridgehead atoms. The second kappa shape index (κ2) is 4.98. The van der Waals surface area contributed by atoms with E-state index in [-0.39, 0.29) is 5.54 Å². The molecule has 2 rings (SSSR count). The van der Waals surface area contributed by atoms with Crippen LogP contribution in [0.2, 0.25) is 0 Å². The fraction of sp³-hybridized carbons (Fsp3) is 0.571. The molecule has 0 radical (unpaired) electrons. The van der Waals surface area contributed by atoms with E-state index in [2.05, 4.69) is 24.3 Å². The molecule has 0 saturated carbocycles. The second-order valence-electron chi connectivity index (χ2n) is 4.61. The van der Waals surface area contributed by atoms with Crippen molar-refractivity contribution in [1.82, 2.24) is 0 Å². The minimum atomic E-state index is -0.163. The maximum atomic E-state index is 6.53. The molecule has 0 amide bonds. The van der Waals surface area contributed by atoms with E-state index in [0.717, 1.165) is 26.1 Å². The summed E-state index contributed by atoms with van der Waals surface area (Å²) in [6, 6.07) is 8.58. The first-order valence-corrected chi connectivity index (χ1v) is 6.21. The molecule has 2 N–H and O–H groups in total. The molecule has 0 aromatic heterocycles. The Bertz CT molecular complexity index is 350. The highest BCUT2D eigenvalue weighted by Crippen LogP contribution is 2.35. The molecule has 1 aromatic carbocycles. The van der Waals surface area contributed by atoms with Crippen molar-refractivity contribution in [2.75, 3.05) is 13.2 Å². The summed E-state index contributed by atoms with van der Waals surface area (Å²) in [5.74, 6) is 0. The molecule has 0 fully saturated rings. The van der Waals surface area contributed by atoms with E-state index in [1.54, 1.807) is 0 Å². The number of nitrogens with two attached hydrogens (primary N) is 1. The van der Waals surface area contributed by atoms with Gasteiger partial charge in [-0.3, -0.25) is 0 Å². The maximum absolute atomic E-state index is 6.53. The van der Waals surface area contributed by atoms with E-state index in [4.69, 9.17) is 10.5 Å². The molecule has 1 unspecified atom stereocenters. The Kier molecular flexibility index (Phi) is 3.62. The summed E-state index contributed by atoms with van der Waals surface area (Å²) in [4.78, 5) is 0. The van der Waals surface area contributed by atoms with E-state index >= 15 is 0 Å². The van der Waals surface area contributed by atoms with Gasteiger partial charge < -0.3 is 10.5 Å². The van der Waals surface area contributed by atoms with E-state index < -0.39 is 0 Å². The number of benzene rings is 1. The quantitative estimate of drug-likeness (QED) is 0.790. The third-order valence-electron chi connectivity index (χ3n) is 3.52. The lowest BCUT2D eigenvalue weighted by Crippen LogP contribution is -2.41. The predicted octanol–water partition coefficient (Wildman–Crippen LogP) is 2.60. The predicted molar refractivity (Wildman–Crippen MR) is 66.4 cm³/mol. The highest BCUT2D eigenvalue weighted by molar-refractivity contribution is 5.35. The van der Waals surface area contributed by atoms with Crippen molar-refractivity contribution in [1.29, 1.82) is 0 Å². The first-order chi connectivity index (χ1) is 7.76.